The summed E-state index contributed by atoms with van der Waals surface area (Å²) in [7, 11) is 1.70. The van der Waals surface area contributed by atoms with E-state index in [1.807, 2.05) is 12.1 Å². The minimum atomic E-state index is 0.286. The molecule has 2 rings (SSSR count). The van der Waals surface area contributed by atoms with Crippen LogP contribution in [0.4, 0.5) is 0 Å². The highest BCUT2D eigenvalue weighted by Crippen LogP contribution is 2.34. The quantitative estimate of drug-likeness (QED) is 0.638. The average Bonchev–Trinajstić information content (AvgIpc) is 2.42. The molecule has 19 heavy (non-hydrogen) atoms. The van der Waals surface area contributed by atoms with Gasteiger partial charge >= 0.3 is 0 Å². The summed E-state index contributed by atoms with van der Waals surface area (Å²) in [6.45, 7) is 2.11. The van der Waals surface area contributed by atoms with Crippen molar-refractivity contribution < 1.29 is 4.74 Å². The van der Waals surface area contributed by atoms with Crippen LogP contribution in [0, 0.1) is 6.92 Å². The lowest BCUT2D eigenvalue weighted by Crippen LogP contribution is -1.98. The molecule has 0 aliphatic carbocycles. The van der Waals surface area contributed by atoms with Gasteiger partial charge in [-0.25, -0.2) is 0 Å². The van der Waals surface area contributed by atoms with Crippen LogP contribution >= 0.6 is 31.9 Å². The smallest absolute Gasteiger partial charge is 0.119 e. The molecule has 0 heterocycles. The molecule has 3 heteroatoms. The fourth-order valence-corrected chi connectivity index (χ4v) is 3.63. The highest BCUT2D eigenvalue weighted by molar-refractivity contribution is 9.11. The molecule has 1 atom stereocenters. The maximum Gasteiger partial charge on any atom is 0.119 e. The zero-order valence-electron chi connectivity index (χ0n) is 11.0. The van der Waals surface area contributed by atoms with Crippen molar-refractivity contribution in [3.05, 3.63) is 63.6 Å². The fraction of sp³-hybridized carbons (Fsp3) is 0.250. The second kappa shape index (κ2) is 6.58. The van der Waals surface area contributed by atoms with Gasteiger partial charge in [0.05, 0.1) is 7.11 Å². The first-order valence-corrected chi connectivity index (χ1v) is 7.84. The van der Waals surface area contributed by atoms with E-state index in [0.29, 0.717) is 0 Å². The number of methoxy groups -OCH3 is 1. The maximum absolute atomic E-state index is 5.26. The molecule has 0 saturated carbocycles. The lowest BCUT2D eigenvalue weighted by molar-refractivity contribution is 0.414. The molecule has 1 nitrogen and oxygen atoms in total. The zero-order valence-corrected chi connectivity index (χ0v) is 14.2. The largest absolute Gasteiger partial charge is 0.497 e. The summed E-state index contributed by atoms with van der Waals surface area (Å²) in [6.07, 6.45) is 0.930. The summed E-state index contributed by atoms with van der Waals surface area (Å²) in [4.78, 5) is 0.286. The molecule has 0 bridgehead atoms. The third-order valence-corrected chi connectivity index (χ3v) is 5.01. The van der Waals surface area contributed by atoms with Crippen LogP contribution in [-0.2, 0) is 6.42 Å². The lowest BCUT2D eigenvalue weighted by atomic mass is 10.0. The van der Waals surface area contributed by atoms with Crippen molar-refractivity contribution in [2.24, 2.45) is 0 Å². The predicted molar refractivity (Wildman–Crippen MR) is 87.2 cm³/mol. The van der Waals surface area contributed by atoms with Crippen LogP contribution in [-0.4, -0.2) is 7.11 Å². The van der Waals surface area contributed by atoms with Crippen LogP contribution in [0.15, 0.2) is 46.9 Å². The molecule has 0 fully saturated rings. The molecule has 0 N–H and O–H groups in total. The van der Waals surface area contributed by atoms with E-state index < -0.39 is 0 Å². The molecular formula is C16H16Br2O. The summed E-state index contributed by atoms with van der Waals surface area (Å²) in [6, 6.07) is 14.6. The Morgan fingerprint density at radius 2 is 1.89 bits per heavy atom. The second-order valence-corrected chi connectivity index (χ2v) is 6.40. The molecule has 0 aromatic heterocycles. The molecule has 100 valence electrons. The van der Waals surface area contributed by atoms with Gasteiger partial charge in [-0.1, -0.05) is 62.2 Å². The van der Waals surface area contributed by atoms with Gasteiger partial charge in [-0.2, -0.15) is 0 Å². The monoisotopic (exact) mass is 382 g/mol. The Morgan fingerprint density at radius 3 is 2.63 bits per heavy atom. The number of rotatable bonds is 4. The highest BCUT2D eigenvalue weighted by Gasteiger charge is 2.13. The van der Waals surface area contributed by atoms with E-state index >= 15 is 0 Å². The Bertz CT molecular complexity index is 566. The SMILES string of the molecule is COc1cccc(CC(Br)c2cccc(C)c2Br)c1. The van der Waals surface area contributed by atoms with Gasteiger partial charge < -0.3 is 4.74 Å². The summed E-state index contributed by atoms with van der Waals surface area (Å²) in [5, 5.41) is 0. The molecule has 2 aromatic rings. The number of hydrogen-bond donors (Lipinski definition) is 0. The van der Waals surface area contributed by atoms with Crippen molar-refractivity contribution in [2.45, 2.75) is 18.2 Å². The summed E-state index contributed by atoms with van der Waals surface area (Å²) in [5.41, 5.74) is 3.80. The fourth-order valence-electron chi connectivity index (χ4n) is 2.03. The standard InChI is InChI=1S/C16H16Br2O/c1-11-5-3-8-14(16(11)18)15(17)10-12-6-4-7-13(9-12)19-2/h3-9,15H,10H2,1-2H3. The average molecular weight is 384 g/mol. The Kier molecular flexibility index (Phi) is 5.06. The lowest BCUT2D eigenvalue weighted by Gasteiger charge is -2.14. The number of aryl methyl sites for hydroxylation is 1. The minimum absolute atomic E-state index is 0.286. The maximum atomic E-state index is 5.26. The Morgan fingerprint density at radius 1 is 1.16 bits per heavy atom. The molecule has 0 saturated heterocycles. The first-order valence-electron chi connectivity index (χ1n) is 6.14. The van der Waals surface area contributed by atoms with Crippen LogP contribution in [0.2, 0.25) is 0 Å². The topological polar surface area (TPSA) is 9.23 Å². The third kappa shape index (κ3) is 3.61. The highest BCUT2D eigenvalue weighted by atomic mass is 79.9. The van der Waals surface area contributed by atoms with E-state index in [-0.39, 0.29) is 4.83 Å². The first-order chi connectivity index (χ1) is 9.11. The number of ether oxygens (including phenoxy) is 1. The Labute approximate surface area is 131 Å². The Hall–Kier alpha value is -0.800. The van der Waals surface area contributed by atoms with Crippen LogP contribution in [0.25, 0.3) is 0 Å². The van der Waals surface area contributed by atoms with Gasteiger partial charge in [-0.15, -0.1) is 0 Å². The van der Waals surface area contributed by atoms with E-state index in [1.54, 1.807) is 7.11 Å². The molecule has 0 spiro atoms. The van der Waals surface area contributed by atoms with E-state index in [0.717, 1.165) is 12.2 Å². The Balaban J connectivity index is 2.20. The van der Waals surface area contributed by atoms with Crippen molar-refractivity contribution in [1.29, 1.82) is 0 Å². The molecule has 0 aliphatic rings. The minimum Gasteiger partial charge on any atom is -0.497 e. The molecule has 2 aromatic carbocycles. The molecular weight excluding hydrogens is 368 g/mol. The van der Waals surface area contributed by atoms with Crippen molar-refractivity contribution in [3.8, 4) is 5.75 Å². The van der Waals surface area contributed by atoms with Gasteiger partial charge in [0.2, 0.25) is 0 Å². The van der Waals surface area contributed by atoms with Crippen molar-refractivity contribution in [1.82, 2.24) is 0 Å². The van der Waals surface area contributed by atoms with Gasteiger partial charge in [0.15, 0.2) is 0 Å². The number of benzene rings is 2. The zero-order chi connectivity index (χ0) is 13.8. The van der Waals surface area contributed by atoms with E-state index in [9.17, 15) is 0 Å². The first kappa shape index (κ1) is 14.6. The van der Waals surface area contributed by atoms with Gasteiger partial charge in [0, 0.05) is 9.30 Å². The summed E-state index contributed by atoms with van der Waals surface area (Å²) < 4.78 is 6.44. The van der Waals surface area contributed by atoms with Crippen LogP contribution in [0.5, 0.6) is 5.75 Å². The number of halogens is 2. The molecule has 0 aliphatic heterocycles. The van der Waals surface area contributed by atoms with Crippen LogP contribution in [0.3, 0.4) is 0 Å². The molecule has 0 amide bonds. The third-order valence-electron chi connectivity index (χ3n) is 3.11. The van der Waals surface area contributed by atoms with Gasteiger partial charge in [0.1, 0.15) is 5.75 Å². The van der Waals surface area contributed by atoms with Gasteiger partial charge in [0.25, 0.3) is 0 Å². The second-order valence-electron chi connectivity index (χ2n) is 4.50. The number of alkyl halides is 1. The van der Waals surface area contributed by atoms with E-state index in [1.165, 1.54) is 21.2 Å². The number of hydrogen-bond acceptors (Lipinski definition) is 1. The summed E-state index contributed by atoms with van der Waals surface area (Å²) >= 11 is 7.45. The van der Waals surface area contributed by atoms with E-state index in [2.05, 4.69) is 69.1 Å². The summed E-state index contributed by atoms with van der Waals surface area (Å²) in [5.74, 6) is 0.903. The molecule has 0 radical (unpaired) electrons. The van der Waals surface area contributed by atoms with Crippen LogP contribution < -0.4 is 4.74 Å². The van der Waals surface area contributed by atoms with Crippen molar-refractivity contribution >= 4 is 31.9 Å². The van der Waals surface area contributed by atoms with Gasteiger partial charge in [-0.05, 0) is 42.2 Å². The molecule has 1 unspecified atom stereocenters. The van der Waals surface area contributed by atoms with Crippen molar-refractivity contribution in [3.63, 3.8) is 0 Å². The normalized spacial score (nSPS) is 12.2. The van der Waals surface area contributed by atoms with Crippen molar-refractivity contribution in [2.75, 3.05) is 7.11 Å². The predicted octanol–water partition coefficient (Wildman–Crippen LogP) is 5.44. The van der Waals surface area contributed by atoms with Gasteiger partial charge in [-0.3, -0.25) is 0 Å². The van der Waals surface area contributed by atoms with Crippen LogP contribution in [0.1, 0.15) is 21.5 Å². The van der Waals surface area contributed by atoms with E-state index in [4.69, 9.17) is 4.74 Å².